The molecule has 5 heterocycles. The van der Waals surface area contributed by atoms with Crippen LogP contribution in [0.25, 0.3) is 33.4 Å². The standard InChI is InChI=1S/C47H56N8O7/c1-25(2)39(52-45(58)60-7)43(56)54-19-9-11-35(54)41-48-24-34(51-41)29-15-18-37-31(21-29)47(5,6)30-16-13-28(23-38(30)62-37)27-14-17-32-33(22-27)50-42(49-32)36-12-10-20-55(36)44(57)40(26(3)4)53-46(59)61-8/h13-18,21-26,35-36,39-40H,9-12,19-20H2,1-8H3,(H,48,51)(H,49,50)(H,52,58)(H,53,59). The SMILES string of the molecule is COC(=O)NC(C(=O)N1CCCC1c1ncc(-c2ccc3c(c2)C(C)(C)c2ccc(-c4ccc5nc(C6CCCN6C(=O)C(NC(=O)OC)C(C)C)[nH]c5c4)cc2O3)[nH]1)C(C)C. The number of nitrogens with one attached hydrogen (secondary N) is 4. The van der Waals surface area contributed by atoms with E-state index in [-0.39, 0.29) is 41.1 Å². The molecule has 2 fully saturated rings. The normalized spacial score (nSPS) is 18.9. The van der Waals surface area contributed by atoms with E-state index in [2.05, 4.69) is 70.8 Å². The number of methoxy groups -OCH3 is 2. The molecule has 62 heavy (non-hydrogen) atoms. The van der Waals surface area contributed by atoms with Crippen molar-refractivity contribution >= 4 is 35.0 Å². The zero-order valence-electron chi connectivity index (χ0n) is 36.6. The number of amides is 4. The molecule has 0 radical (unpaired) electrons. The lowest BCUT2D eigenvalue weighted by Gasteiger charge is -2.35. The number of alkyl carbamates (subject to hydrolysis) is 2. The molecule has 2 saturated heterocycles. The first-order valence-electron chi connectivity index (χ1n) is 21.5. The summed E-state index contributed by atoms with van der Waals surface area (Å²) in [5.74, 6) is 2.47. The van der Waals surface area contributed by atoms with Crippen LogP contribution in [0.5, 0.6) is 11.5 Å². The highest BCUT2D eigenvalue weighted by Gasteiger charge is 2.40. The number of carbonyl (C=O) groups is 4. The summed E-state index contributed by atoms with van der Waals surface area (Å²) in [6, 6.07) is 16.8. The minimum absolute atomic E-state index is 0.118. The summed E-state index contributed by atoms with van der Waals surface area (Å²) in [4.78, 5) is 71.8. The second kappa shape index (κ2) is 16.8. The Balaban J connectivity index is 0.999. The number of ether oxygens (including phenoxy) is 3. The quantitative estimate of drug-likeness (QED) is 0.108. The molecule has 326 valence electrons. The zero-order valence-corrected chi connectivity index (χ0v) is 36.6. The third kappa shape index (κ3) is 7.84. The van der Waals surface area contributed by atoms with Crippen LogP contribution in [-0.4, -0.2) is 93.1 Å². The van der Waals surface area contributed by atoms with Crippen molar-refractivity contribution in [2.75, 3.05) is 27.3 Å². The smallest absolute Gasteiger partial charge is 0.407 e. The average Bonchev–Trinajstić information content (AvgIpc) is 4.10. The molecule has 0 saturated carbocycles. The first-order valence-corrected chi connectivity index (χ1v) is 21.5. The Kier molecular flexibility index (Phi) is 11.5. The van der Waals surface area contributed by atoms with Gasteiger partial charge in [0.1, 0.15) is 35.2 Å². The zero-order chi connectivity index (χ0) is 44.0. The number of aromatic amines is 2. The average molecular weight is 845 g/mol. The Hall–Kier alpha value is -6.38. The predicted octanol–water partition coefficient (Wildman–Crippen LogP) is 8.14. The summed E-state index contributed by atoms with van der Waals surface area (Å²) >= 11 is 0. The van der Waals surface area contributed by atoms with E-state index in [1.54, 1.807) is 0 Å². The van der Waals surface area contributed by atoms with Gasteiger partial charge in [-0.25, -0.2) is 19.6 Å². The van der Waals surface area contributed by atoms with Crippen LogP contribution in [0.3, 0.4) is 0 Å². The molecule has 0 bridgehead atoms. The van der Waals surface area contributed by atoms with Gasteiger partial charge in [0.25, 0.3) is 0 Å². The molecule has 4 amide bonds. The van der Waals surface area contributed by atoms with Crippen molar-refractivity contribution in [3.8, 4) is 33.9 Å². The molecule has 2 aromatic heterocycles. The van der Waals surface area contributed by atoms with Crippen molar-refractivity contribution in [3.63, 3.8) is 0 Å². The maximum absolute atomic E-state index is 13.7. The number of imidazole rings is 2. The van der Waals surface area contributed by atoms with E-state index >= 15 is 0 Å². The van der Waals surface area contributed by atoms with E-state index in [1.807, 2.05) is 61.9 Å². The summed E-state index contributed by atoms with van der Waals surface area (Å²) in [7, 11) is 2.58. The fourth-order valence-corrected chi connectivity index (χ4v) is 9.25. The lowest BCUT2D eigenvalue weighted by atomic mass is 9.75. The van der Waals surface area contributed by atoms with Crippen molar-refractivity contribution in [2.45, 2.75) is 96.8 Å². The molecule has 4 atom stereocenters. The summed E-state index contributed by atoms with van der Waals surface area (Å²) in [6.07, 6.45) is 3.76. The Morgan fingerprint density at radius 2 is 1.31 bits per heavy atom. The van der Waals surface area contributed by atoms with Gasteiger partial charge in [-0.05, 0) is 85.0 Å². The van der Waals surface area contributed by atoms with Gasteiger partial charge in [0.15, 0.2) is 0 Å². The van der Waals surface area contributed by atoms with Gasteiger partial charge in [0.05, 0.1) is 49.2 Å². The third-order valence-corrected chi connectivity index (χ3v) is 12.8. The Morgan fingerprint density at radius 3 is 1.92 bits per heavy atom. The molecule has 8 rings (SSSR count). The topological polar surface area (TPSA) is 184 Å². The van der Waals surface area contributed by atoms with Gasteiger partial charge in [0.2, 0.25) is 11.8 Å². The number of nitrogens with zero attached hydrogens (tertiary/aromatic N) is 4. The monoisotopic (exact) mass is 844 g/mol. The molecule has 0 aliphatic carbocycles. The third-order valence-electron chi connectivity index (χ3n) is 12.8. The maximum atomic E-state index is 13.7. The van der Waals surface area contributed by atoms with Gasteiger partial charge in [-0.15, -0.1) is 0 Å². The van der Waals surface area contributed by atoms with Crippen LogP contribution < -0.4 is 15.4 Å². The number of carbonyl (C=O) groups excluding carboxylic acids is 4. The molecular formula is C47H56N8O7. The molecule has 5 aromatic rings. The lowest BCUT2D eigenvalue weighted by molar-refractivity contribution is -0.136. The molecule has 3 aliphatic rings. The maximum Gasteiger partial charge on any atom is 0.407 e. The number of rotatable bonds is 10. The highest BCUT2D eigenvalue weighted by Crippen LogP contribution is 2.50. The second-order valence-electron chi connectivity index (χ2n) is 17.8. The van der Waals surface area contributed by atoms with Crippen molar-refractivity contribution in [1.29, 1.82) is 0 Å². The highest BCUT2D eigenvalue weighted by atomic mass is 16.5. The van der Waals surface area contributed by atoms with Crippen molar-refractivity contribution < 1.29 is 33.4 Å². The van der Waals surface area contributed by atoms with Gasteiger partial charge in [-0.2, -0.15) is 0 Å². The van der Waals surface area contributed by atoms with E-state index in [9.17, 15) is 19.2 Å². The van der Waals surface area contributed by atoms with Crippen LogP contribution in [0.15, 0.2) is 60.8 Å². The number of hydrogen-bond donors (Lipinski definition) is 4. The molecular weight excluding hydrogens is 789 g/mol. The second-order valence-corrected chi connectivity index (χ2v) is 17.8. The number of aromatic nitrogens is 4. The molecule has 3 aromatic carbocycles. The Labute approximate surface area is 361 Å². The number of likely N-dealkylation sites (tertiary alicyclic amines) is 2. The van der Waals surface area contributed by atoms with Crippen LogP contribution in [-0.2, 0) is 24.5 Å². The number of fused-ring (bicyclic) bond motifs is 3. The minimum atomic E-state index is -0.704. The molecule has 3 aliphatic heterocycles. The van der Waals surface area contributed by atoms with E-state index in [0.717, 1.165) is 87.6 Å². The fraction of sp³-hybridized carbons (Fsp3) is 0.447. The summed E-state index contributed by atoms with van der Waals surface area (Å²) in [5, 5.41) is 5.43. The van der Waals surface area contributed by atoms with Crippen LogP contribution in [0.4, 0.5) is 9.59 Å². The van der Waals surface area contributed by atoms with E-state index in [4.69, 9.17) is 24.2 Å². The molecule has 4 N–H and O–H groups in total. The molecule has 0 spiro atoms. The largest absolute Gasteiger partial charge is 0.457 e. The molecule has 4 unspecified atom stereocenters. The van der Waals surface area contributed by atoms with Gasteiger partial charge in [0, 0.05) is 35.2 Å². The fourth-order valence-electron chi connectivity index (χ4n) is 9.25. The first kappa shape index (κ1) is 42.3. The Morgan fingerprint density at radius 1 is 0.726 bits per heavy atom. The van der Waals surface area contributed by atoms with Crippen LogP contribution in [0.1, 0.15) is 102 Å². The summed E-state index contributed by atoms with van der Waals surface area (Å²) in [6.45, 7) is 13.2. The van der Waals surface area contributed by atoms with Crippen molar-refractivity contribution in [3.05, 3.63) is 83.6 Å². The molecule has 15 heteroatoms. The van der Waals surface area contributed by atoms with Gasteiger partial charge < -0.3 is 44.6 Å². The van der Waals surface area contributed by atoms with E-state index in [0.29, 0.717) is 18.9 Å². The van der Waals surface area contributed by atoms with E-state index in [1.165, 1.54) is 14.2 Å². The van der Waals surface area contributed by atoms with Crippen molar-refractivity contribution in [2.24, 2.45) is 11.8 Å². The predicted molar refractivity (Wildman–Crippen MR) is 233 cm³/mol. The van der Waals surface area contributed by atoms with Gasteiger partial charge in [-0.3, -0.25) is 9.59 Å². The summed E-state index contributed by atoms with van der Waals surface area (Å²) in [5.41, 5.74) is 7.18. The minimum Gasteiger partial charge on any atom is -0.457 e. The van der Waals surface area contributed by atoms with Crippen LogP contribution in [0.2, 0.25) is 0 Å². The van der Waals surface area contributed by atoms with Gasteiger partial charge >= 0.3 is 12.2 Å². The number of H-pyrrole nitrogens is 2. The van der Waals surface area contributed by atoms with Crippen LogP contribution in [0, 0.1) is 11.8 Å². The van der Waals surface area contributed by atoms with Gasteiger partial charge in [-0.1, -0.05) is 59.7 Å². The number of hydrogen-bond acceptors (Lipinski definition) is 9. The van der Waals surface area contributed by atoms with E-state index < -0.39 is 24.3 Å². The summed E-state index contributed by atoms with van der Waals surface area (Å²) < 4.78 is 16.2. The first-order chi connectivity index (χ1) is 29.7. The van der Waals surface area contributed by atoms with Crippen molar-refractivity contribution in [1.82, 2.24) is 40.4 Å². The van der Waals surface area contributed by atoms with Crippen LogP contribution >= 0.6 is 0 Å². The lowest BCUT2D eigenvalue weighted by Crippen LogP contribution is -2.51. The molecule has 15 nitrogen and oxygen atoms in total. The highest BCUT2D eigenvalue weighted by molar-refractivity contribution is 5.88. The Bertz CT molecular complexity index is 2520. The number of benzene rings is 3.